The van der Waals surface area contributed by atoms with Crippen LogP contribution in [0.4, 0.5) is 0 Å². The summed E-state index contributed by atoms with van der Waals surface area (Å²) in [7, 11) is 0. The SMILES string of the molecule is CC(=O)c1cc2c(o1)CCCC2. The molecule has 0 saturated carbocycles. The second-order valence-electron chi connectivity index (χ2n) is 3.32. The van der Waals surface area contributed by atoms with Crippen LogP contribution >= 0.6 is 0 Å². The van der Waals surface area contributed by atoms with Crippen LogP contribution < -0.4 is 0 Å². The van der Waals surface area contributed by atoms with E-state index in [0.29, 0.717) is 5.76 Å². The summed E-state index contributed by atoms with van der Waals surface area (Å²) >= 11 is 0. The van der Waals surface area contributed by atoms with Crippen molar-refractivity contribution in [1.29, 1.82) is 0 Å². The minimum Gasteiger partial charge on any atom is -0.458 e. The van der Waals surface area contributed by atoms with Crippen molar-refractivity contribution >= 4 is 5.78 Å². The zero-order valence-electron chi connectivity index (χ0n) is 7.22. The summed E-state index contributed by atoms with van der Waals surface area (Å²) in [4.78, 5) is 11.0. The first-order chi connectivity index (χ1) is 5.77. The molecular formula is C10H12O2. The highest BCUT2D eigenvalue weighted by molar-refractivity contribution is 5.91. The molecule has 64 valence electrons. The second kappa shape index (κ2) is 2.77. The van der Waals surface area contributed by atoms with Crippen molar-refractivity contribution in [2.24, 2.45) is 0 Å². The van der Waals surface area contributed by atoms with Crippen LogP contribution in [0.3, 0.4) is 0 Å². The van der Waals surface area contributed by atoms with E-state index in [2.05, 4.69) is 0 Å². The van der Waals surface area contributed by atoms with Crippen LogP contribution in [-0.4, -0.2) is 5.78 Å². The van der Waals surface area contributed by atoms with Gasteiger partial charge in [0.1, 0.15) is 5.76 Å². The van der Waals surface area contributed by atoms with Crippen LogP contribution in [-0.2, 0) is 12.8 Å². The summed E-state index contributed by atoms with van der Waals surface area (Å²) in [6.45, 7) is 1.55. The van der Waals surface area contributed by atoms with Crippen molar-refractivity contribution in [3.05, 3.63) is 23.2 Å². The van der Waals surface area contributed by atoms with Crippen molar-refractivity contribution in [2.75, 3.05) is 0 Å². The highest BCUT2D eigenvalue weighted by Crippen LogP contribution is 2.24. The fraction of sp³-hybridized carbons (Fsp3) is 0.500. The lowest BCUT2D eigenvalue weighted by molar-refractivity contribution is 0.0985. The van der Waals surface area contributed by atoms with E-state index in [0.717, 1.165) is 18.6 Å². The first-order valence-corrected chi connectivity index (χ1v) is 4.40. The topological polar surface area (TPSA) is 30.2 Å². The number of rotatable bonds is 1. The Morgan fingerprint density at radius 2 is 2.17 bits per heavy atom. The molecule has 1 aromatic heterocycles. The summed E-state index contributed by atoms with van der Waals surface area (Å²) in [6, 6.07) is 1.90. The lowest BCUT2D eigenvalue weighted by Gasteiger charge is -2.07. The van der Waals surface area contributed by atoms with Gasteiger partial charge in [-0.3, -0.25) is 4.79 Å². The zero-order valence-corrected chi connectivity index (χ0v) is 7.22. The van der Waals surface area contributed by atoms with E-state index in [1.54, 1.807) is 6.92 Å². The fourth-order valence-electron chi connectivity index (χ4n) is 1.66. The van der Waals surface area contributed by atoms with Gasteiger partial charge in [-0.2, -0.15) is 0 Å². The maximum atomic E-state index is 11.0. The first kappa shape index (κ1) is 7.59. The van der Waals surface area contributed by atoms with E-state index >= 15 is 0 Å². The third-order valence-corrected chi connectivity index (χ3v) is 2.34. The molecule has 0 atom stereocenters. The van der Waals surface area contributed by atoms with Gasteiger partial charge < -0.3 is 4.42 Å². The van der Waals surface area contributed by atoms with Gasteiger partial charge in [-0.1, -0.05) is 0 Å². The number of fused-ring (bicyclic) bond motifs is 1. The Morgan fingerprint density at radius 3 is 2.83 bits per heavy atom. The van der Waals surface area contributed by atoms with E-state index in [4.69, 9.17) is 4.42 Å². The zero-order chi connectivity index (χ0) is 8.55. The van der Waals surface area contributed by atoms with E-state index in [1.807, 2.05) is 6.07 Å². The molecule has 0 aliphatic heterocycles. The summed E-state index contributed by atoms with van der Waals surface area (Å²) in [6.07, 6.45) is 4.50. The van der Waals surface area contributed by atoms with Crippen LogP contribution in [0.1, 0.15) is 41.6 Å². The molecule has 2 nitrogen and oxygen atoms in total. The Hall–Kier alpha value is -1.05. The summed E-state index contributed by atoms with van der Waals surface area (Å²) in [5, 5.41) is 0. The van der Waals surface area contributed by atoms with E-state index < -0.39 is 0 Å². The molecule has 0 saturated heterocycles. The van der Waals surface area contributed by atoms with Crippen molar-refractivity contribution in [2.45, 2.75) is 32.6 Å². The average molecular weight is 164 g/mol. The second-order valence-corrected chi connectivity index (χ2v) is 3.32. The first-order valence-electron chi connectivity index (χ1n) is 4.40. The third kappa shape index (κ3) is 1.17. The molecule has 2 rings (SSSR count). The lowest BCUT2D eigenvalue weighted by Crippen LogP contribution is -1.97. The van der Waals surface area contributed by atoms with Gasteiger partial charge in [-0.15, -0.1) is 0 Å². The Balaban J connectivity index is 2.38. The lowest BCUT2D eigenvalue weighted by atomic mass is 9.99. The predicted molar refractivity (Wildman–Crippen MR) is 45.4 cm³/mol. The Bertz CT molecular complexity index is 286. The van der Waals surface area contributed by atoms with Crippen molar-refractivity contribution in [3.63, 3.8) is 0 Å². The van der Waals surface area contributed by atoms with Gasteiger partial charge >= 0.3 is 0 Å². The molecule has 1 aromatic rings. The van der Waals surface area contributed by atoms with Gasteiger partial charge in [0.15, 0.2) is 11.5 Å². The molecule has 1 aliphatic carbocycles. The number of Topliss-reactive ketones (excluding diaryl/α,β-unsaturated/α-hetero) is 1. The average Bonchev–Trinajstić information content (AvgIpc) is 2.46. The molecule has 1 heterocycles. The Labute approximate surface area is 71.6 Å². The molecule has 0 bridgehead atoms. The highest BCUT2D eigenvalue weighted by Gasteiger charge is 2.16. The summed E-state index contributed by atoms with van der Waals surface area (Å²) in [5.74, 6) is 1.60. The monoisotopic (exact) mass is 164 g/mol. The molecule has 0 fully saturated rings. The predicted octanol–water partition coefficient (Wildman–Crippen LogP) is 2.36. The maximum Gasteiger partial charge on any atom is 0.194 e. The van der Waals surface area contributed by atoms with Crippen molar-refractivity contribution in [3.8, 4) is 0 Å². The van der Waals surface area contributed by atoms with Crippen LogP contribution in [0.25, 0.3) is 0 Å². The molecule has 0 amide bonds. The summed E-state index contributed by atoms with van der Waals surface area (Å²) in [5.41, 5.74) is 1.24. The summed E-state index contributed by atoms with van der Waals surface area (Å²) < 4.78 is 5.42. The Morgan fingerprint density at radius 1 is 1.42 bits per heavy atom. The fourth-order valence-corrected chi connectivity index (χ4v) is 1.66. The number of carbonyl (C=O) groups is 1. The number of hydrogen-bond acceptors (Lipinski definition) is 2. The minimum absolute atomic E-state index is 0.0319. The highest BCUT2D eigenvalue weighted by atomic mass is 16.3. The quantitative estimate of drug-likeness (QED) is 0.596. The molecule has 12 heavy (non-hydrogen) atoms. The molecule has 0 unspecified atom stereocenters. The number of hydrogen-bond donors (Lipinski definition) is 0. The largest absolute Gasteiger partial charge is 0.458 e. The molecule has 1 aliphatic rings. The van der Waals surface area contributed by atoms with Gasteiger partial charge in [-0.25, -0.2) is 0 Å². The number of furan rings is 1. The van der Waals surface area contributed by atoms with Gasteiger partial charge in [-0.05, 0) is 30.9 Å². The van der Waals surface area contributed by atoms with Crippen LogP contribution in [0, 0.1) is 0 Å². The molecule has 0 N–H and O–H groups in total. The smallest absolute Gasteiger partial charge is 0.194 e. The van der Waals surface area contributed by atoms with Gasteiger partial charge in [0, 0.05) is 13.3 Å². The molecule has 2 heteroatoms. The van der Waals surface area contributed by atoms with Gasteiger partial charge in [0.2, 0.25) is 0 Å². The van der Waals surface area contributed by atoms with Crippen molar-refractivity contribution in [1.82, 2.24) is 0 Å². The number of aryl methyl sites for hydroxylation is 2. The number of carbonyl (C=O) groups excluding carboxylic acids is 1. The molecule has 0 aromatic carbocycles. The molecule has 0 spiro atoms. The van der Waals surface area contributed by atoms with Crippen LogP contribution in [0.5, 0.6) is 0 Å². The molecular weight excluding hydrogens is 152 g/mol. The van der Waals surface area contributed by atoms with Crippen LogP contribution in [0.15, 0.2) is 10.5 Å². The molecule has 0 radical (unpaired) electrons. The number of ketones is 1. The van der Waals surface area contributed by atoms with Gasteiger partial charge in [0.25, 0.3) is 0 Å². The van der Waals surface area contributed by atoms with E-state index in [9.17, 15) is 4.79 Å². The van der Waals surface area contributed by atoms with Crippen molar-refractivity contribution < 1.29 is 9.21 Å². The normalized spacial score (nSPS) is 15.8. The van der Waals surface area contributed by atoms with Gasteiger partial charge in [0.05, 0.1) is 0 Å². The van der Waals surface area contributed by atoms with E-state index in [1.165, 1.54) is 18.4 Å². The van der Waals surface area contributed by atoms with Crippen LogP contribution in [0.2, 0.25) is 0 Å². The standard InChI is InChI=1S/C10H12O2/c1-7(11)10-6-8-4-2-3-5-9(8)12-10/h6H,2-5H2,1H3. The minimum atomic E-state index is 0.0319. The maximum absolute atomic E-state index is 11.0. The third-order valence-electron chi connectivity index (χ3n) is 2.34. The Kier molecular flexibility index (Phi) is 1.75. The van der Waals surface area contributed by atoms with E-state index in [-0.39, 0.29) is 5.78 Å².